The second-order valence-corrected chi connectivity index (χ2v) is 4.20. The lowest BCUT2D eigenvalue weighted by atomic mass is 9.91. The van der Waals surface area contributed by atoms with Gasteiger partial charge >= 0.3 is 0 Å². The summed E-state index contributed by atoms with van der Waals surface area (Å²) in [7, 11) is 0. The van der Waals surface area contributed by atoms with Gasteiger partial charge in [0.15, 0.2) is 0 Å². The second kappa shape index (κ2) is 5.58. The SMILES string of the molecule is CCN(CC)C(C(C)C)C(C)C. The molecule has 0 unspecified atom stereocenters. The first-order valence-electron chi connectivity index (χ1n) is 5.28. The van der Waals surface area contributed by atoms with Gasteiger partial charge in [-0.3, -0.25) is 0 Å². The molecule has 0 rings (SSSR count). The van der Waals surface area contributed by atoms with Gasteiger partial charge in [0.1, 0.15) is 0 Å². The molecule has 0 radical (unpaired) electrons. The lowest BCUT2D eigenvalue weighted by molar-refractivity contribution is 0.127. The molecule has 0 atom stereocenters. The maximum atomic E-state index is 2.56. The van der Waals surface area contributed by atoms with E-state index in [0.717, 1.165) is 17.9 Å². The predicted molar refractivity (Wildman–Crippen MR) is 56.4 cm³/mol. The second-order valence-electron chi connectivity index (χ2n) is 4.20. The van der Waals surface area contributed by atoms with Crippen LogP contribution in [0, 0.1) is 11.8 Å². The van der Waals surface area contributed by atoms with Crippen LogP contribution in [0.25, 0.3) is 0 Å². The quantitative estimate of drug-likeness (QED) is 0.614. The molecule has 0 amide bonds. The van der Waals surface area contributed by atoms with Crippen LogP contribution in [-0.4, -0.2) is 24.0 Å². The van der Waals surface area contributed by atoms with Crippen LogP contribution < -0.4 is 0 Å². The summed E-state index contributed by atoms with van der Waals surface area (Å²) in [6, 6.07) is 0.750. The summed E-state index contributed by atoms with van der Waals surface area (Å²) in [6.45, 7) is 16.1. The van der Waals surface area contributed by atoms with E-state index in [0.29, 0.717) is 0 Å². The third-order valence-corrected chi connectivity index (χ3v) is 2.60. The molecule has 0 fully saturated rings. The van der Waals surface area contributed by atoms with Gasteiger partial charge in [-0.2, -0.15) is 0 Å². The Bertz CT molecular complexity index is 95.6. The highest BCUT2D eigenvalue weighted by molar-refractivity contribution is 4.76. The van der Waals surface area contributed by atoms with Crippen LogP contribution in [0.5, 0.6) is 0 Å². The van der Waals surface area contributed by atoms with Crippen molar-refractivity contribution >= 4 is 0 Å². The lowest BCUT2D eigenvalue weighted by Crippen LogP contribution is -2.42. The van der Waals surface area contributed by atoms with E-state index in [4.69, 9.17) is 0 Å². The summed E-state index contributed by atoms with van der Waals surface area (Å²) in [4.78, 5) is 2.56. The smallest absolute Gasteiger partial charge is 0.0141 e. The predicted octanol–water partition coefficient (Wildman–Crippen LogP) is 3.01. The van der Waals surface area contributed by atoms with E-state index in [9.17, 15) is 0 Å². The number of hydrogen-bond donors (Lipinski definition) is 0. The van der Waals surface area contributed by atoms with E-state index in [-0.39, 0.29) is 0 Å². The van der Waals surface area contributed by atoms with Crippen LogP contribution in [0.15, 0.2) is 0 Å². The first-order valence-corrected chi connectivity index (χ1v) is 5.28. The highest BCUT2D eigenvalue weighted by Gasteiger charge is 2.22. The maximum Gasteiger partial charge on any atom is 0.0141 e. The molecule has 0 heterocycles. The van der Waals surface area contributed by atoms with Crippen molar-refractivity contribution in [1.82, 2.24) is 4.90 Å². The van der Waals surface area contributed by atoms with Crippen LogP contribution in [0.4, 0.5) is 0 Å². The average Bonchev–Trinajstić information content (AvgIpc) is 1.98. The Labute approximate surface area is 78.1 Å². The summed E-state index contributed by atoms with van der Waals surface area (Å²) in [5, 5.41) is 0. The molecule has 0 aliphatic rings. The van der Waals surface area contributed by atoms with Gasteiger partial charge < -0.3 is 4.90 Å². The van der Waals surface area contributed by atoms with E-state index in [1.165, 1.54) is 13.1 Å². The molecule has 0 aliphatic heterocycles. The van der Waals surface area contributed by atoms with Crippen LogP contribution in [0.2, 0.25) is 0 Å². The van der Waals surface area contributed by atoms with Gasteiger partial charge in [-0.15, -0.1) is 0 Å². The van der Waals surface area contributed by atoms with Crippen molar-refractivity contribution in [3.63, 3.8) is 0 Å². The van der Waals surface area contributed by atoms with Crippen LogP contribution >= 0.6 is 0 Å². The molecule has 0 aromatic rings. The van der Waals surface area contributed by atoms with E-state index in [2.05, 4.69) is 46.4 Å². The molecule has 74 valence electrons. The van der Waals surface area contributed by atoms with Crippen LogP contribution in [-0.2, 0) is 0 Å². The molecule has 0 aliphatic carbocycles. The van der Waals surface area contributed by atoms with Crippen LogP contribution in [0.3, 0.4) is 0 Å². The highest BCUT2D eigenvalue weighted by atomic mass is 15.1. The fraction of sp³-hybridized carbons (Fsp3) is 1.00. The molecule has 0 bridgehead atoms. The molecular formula is C11H25N. The Morgan fingerprint density at radius 2 is 1.17 bits per heavy atom. The molecule has 0 saturated carbocycles. The normalized spacial score (nSPS) is 12.5. The fourth-order valence-corrected chi connectivity index (χ4v) is 2.26. The van der Waals surface area contributed by atoms with Gasteiger partial charge in [-0.05, 0) is 24.9 Å². The Morgan fingerprint density at radius 3 is 1.25 bits per heavy atom. The Kier molecular flexibility index (Phi) is 5.56. The lowest BCUT2D eigenvalue weighted by Gasteiger charge is -2.35. The van der Waals surface area contributed by atoms with Gasteiger partial charge in [0.25, 0.3) is 0 Å². The summed E-state index contributed by atoms with van der Waals surface area (Å²) in [6.07, 6.45) is 0. The van der Waals surface area contributed by atoms with Gasteiger partial charge in [0, 0.05) is 6.04 Å². The molecule has 1 nitrogen and oxygen atoms in total. The van der Waals surface area contributed by atoms with Gasteiger partial charge in [0.2, 0.25) is 0 Å². The molecule has 0 aromatic carbocycles. The van der Waals surface area contributed by atoms with E-state index < -0.39 is 0 Å². The molecule has 0 aromatic heterocycles. The van der Waals surface area contributed by atoms with E-state index in [1.807, 2.05) is 0 Å². The molecule has 0 spiro atoms. The van der Waals surface area contributed by atoms with Crippen molar-refractivity contribution in [2.24, 2.45) is 11.8 Å². The van der Waals surface area contributed by atoms with Crippen molar-refractivity contribution in [2.45, 2.75) is 47.6 Å². The average molecular weight is 171 g/mol. The van der Waals surface area contributed by atoms with Crippen LogP contribution in [0.1, 0.15) is 41.5 Å². The monoisotopic (exact) mass is 171 g/mol. The Hall–Kier alpha value is -0.0400. The Morgan fingerprint density at radius 1 is 0.833 bits per heavy atom. The number of nitrogens with zero attached hydrogens (tertiary/aromatic N) is 1. The molecule has 12 heavy (non-hydrogen) atoms. The number of hydrogen-bond acceptors (Lipinski definition) is 1. The minimum Gasteiger partial charge on any atom is -0.300 e. The zero-order chi connectivity index (χ0) is 9.72. The fourth-order valence-electron chi connectivity index (χ4n) is 2.26. The number of rotatable bonds is 5. The van der Waals surface area contributed by atoms with E-state index in [1.54, 1.807) is 0 Å². The van der Waals surface area contributed by atoms with Crippen molar-refractivity contribution in [2.75, 3.05) is 13.1 Å². The standard InChI is InChI=1S/C11H25N/c1-7-12(8-2)11(9(3)4)10(5)6/h9-11H,7-8H2,1-6H3. The van der Waals surface area contributed by atoms with E-state index >= 15 is 0 Å². The first kappa shape index (κ1) is 12.0. The van der Waals surface area contributed by atoms with Gasteiger partial charge in [0.05, 0.1) is 0 Å². The Balaban J connectivity index is 4.26. The van der Waals surface area contributed by atoms with Crippen molar-refractivity contribution < 1.29 is 0 Å². The largest absolute Gasteiger partial charge is 0.300 e. The molecular weight excluding hydrogens is 146 g/mol. The molecule has 0 N–H and O–H groups in total. The maximum absolute atomic E-state index is 2.56. The summed E-state index contributed by atoms with van der Waals surface area (Å²) in [5.41, 5.74) is 0. The third-order valence-electron chi connectivity index (χ3n) is 2.60. The third kappa shape index (κ3) is 3.14. The molecule has 0 saturated heterocycles. The first-order chi connectivity index (χ1) is 5.54. The van der Waals surface area contributed by atoms with Gasteiger partial charge in [-0.25, -0.2) is 0 Å². The summed E-state index contributed by atoms with van der Waals surface area (Å²) in [5.74, 6) is 1.54. The van der Waals surface area contributed by atoms with Crippen molar-refractivity contribution in [3.05, 3.63) is 0 Å². The minimum absolute atomic E-state index is 0.750. The summed E-state index contributed by atoms with van der Waals surface area (Å²) >= 11 is 0. The topological polar surface area (TPSA) is 3.24 Å². The zero-order valence-electron chi connectivity index (χ0n) is 9.59. The molecule has 1 heteroatoms. The van der Waals surface area contributed by atoms with Crippen molar-refractivity contribution in [3.8, 4) is 0 Å². The summed E-state index contributed by atoms with van der Waals surface area (Å²) < 4.78 is 0. The minimum atomic E-state index is 0.750. The van der Waals surface area contributed by atoms with Gasteiger partial charge in [-0.1, -0.05) is 41.5 Å². The zero-order valence-corrected chi connectivity index (χ0v) is 9.59. The van der Waals surface area contributed by atoms with Crippen molar-refractivity contribution in [1.29, 1.82) is 0 Å². The highest BCUT2D eigenvalue weighted by Crippen LogP contribution is 2.18.